The molecular formula is C15H18ClN3O2S. The number of anilines is 3. The Hall–Kier alpha value is -1.76. The maximum Gasteiger partial charge on any atom is 0.301 e. The van der Waals surface area contributed by atoms with Gasteiger partial charge in [-0.3, -0.25) is 4.72 Å². The van der Waals surface area contributed by atoms with Crippen molar-refractivity contribution in [3.05, 3.63) is 53.1 Å². The summed E-state index contributed by atoms with van der Waals surface area (Å²) in [5.41, 5.74) is 3.22. The normalized spacial score (nSPS) is 11.5. The number of nitrogens with zero attached hydrogens (tertiary/aromatic N) is 1. The quantitative estimate of drug-likeness (QED) is 0.874. The maximum absolute atomic E-state index is 11.7. The molecule has 0 saturated carbocycles. The summed E-state index contributed by atoms with van der Waals surface area (Å²) >= 11 is 6.09. The Morgan fingerprint density at radius 3 is 2.18 bits per heavy atom. The van der Waals surface area contributed by atoms with E-state index in [0.717, 1.165) is 21.2 Å². The highest BCUT2D eigenvalue weighted by atomic mass is 35.5. The maximum atomic E-state index is 11.7. The van der Waals surface area contributed by atoms with E-state index < -0.39 is 10.2 Å². The molecule has 0 aliphatic heterocycles. The van der Waals surface area contributed by atoms with E-state index in [1.807, 2.05) is 25.1 Å². The molecule has 0 fully saturated rings. The van der Waals surface area contributed by atoms with Crippen molar-refractivity contribution in [2.24, 2.45) is 0 Å². The Balaban J connectivity index is 2.14. The number of benzene rings is 2. The second-order valence-electron chi connectivity index (χ2n) is 5.00. The minimum atomic E-state index is -3.49. The molecule has 22 heavy (non-hydrogen) atoms. The monoisotopic (exact) mass is 339 g/mol. The predicted molar refractivity (Wildman–Crippen MR) is 92.1 cm³/mol. The van der Waals surface area contributed by atoms with Crippen LogP contribution in [0.15, 0.2) is 42.5 Å². The van der Waals surface area contributed by atoms with Crippen molar-refractivity contribution < 1.29 is 8.42 Å². The fourth-order valence-corrected chi connectivity index (χ4v) is 2.55. The molecule has 0 amide bonds. The molecule has 118 valence electrons. The van der Waals surface area contributed by atoms with Gasteiger partial charge in [0, 0.05) is 36.2 Å². The molecule has 2 N–H and O–H groups in total. The summed E-state index contributed by atoms with van der Waals surface area (Å²) in [5.74, 6) is 0. The lowest BCUT2D eigenvalue weighted by Gasteiger charge is -2.14. The van der Waals surface area contributed by atoms with Crippen LogP contribution in [0.25, 0.3) is 0 Å². The minimum absolute atomic E-state index is 0.502. The third kappa shape index (κ3) is 3.91. The molecule has 5 nitrogen and oxygen atoms in total. The van der Waals surface area contributed by atoms with Crippen molar-refractivity contribution in [2.45, 2.75) is 6.92 Å². The van der Waals surface area contributed by atoms with Gasteiger partial charge in [-0.2, -0.15) is 12.7 Å². The molecule has 0 unspecified atom stereocenters. The molecule has 7 heteroatoms. The number of hydrogen-bond acceptors (Lipinski definition) is 3. The van der Waals surface area contributed by atoms with Crippen LogP contribution in [0.5, 0.6) is 0 Å². The van der Waals surface area contributed by atoms with Gasteiger partial charge >= 0.3 is 10.2 Å². The Labute approximate surface area is 136 Å². The van der Waals surface area contributed by atoms with Gasteiger partial charge in [-0.25, -0.2) is 0 Å². The molecule has 0 radical (unpaired) electrons. The zero-order valence-corrected chi connectivity index (χ0v) is 14.2. The number of hydrogen-bond donors (Lipinski definition) is 2. The molecule has 0 heterocycles. The van der Waals surface area contributed by atoms with E-state index >= 15 is 0 Å². The van der Waals surface area contributed by atoms with Crippen LogP contribution in [0.4, 0.5) is 17.1 Å². The highest BCUT2D eigenvalue weighted by molar-refractivity contribution is 7.90. The molecule has 2 aromatic rings. The van der Waals surface area contributed by atoms with Crippen LogP contribution in [0, 0.1) is 6.92 Å². The second kappa shape index (κ2) is 6.56. The average Bonchev–Trinajstić information content (AvgIpc) is 2.45. The van der Waals surface area contributed by atoms with Crippen LogP contribution in [0.2, 0.25) is 5.02 Å². The third-order valence-corrected chi connectivity index (χ3v) is 5.02. The molecule has 2 aromatic carbocycles. The lowest BCUT2D eigenvalue weighted by molar-refractivity contribution is 0.527. The van der Waals surface area contributed by atoms with Crippen molar-refractivity contribution >= 4 is 38.9 Å². The summed E-state index contributed by atoms with van der Waals surface area (Å²) < 4.78 is 27.1. The molecule has 0 aromatic heterocycles. The van der Waals surface area contributed by atoms with Gasteiger partial charge in [-0.15, -0.1) is 0 Å². The average molecular weight is 340 g/mol. The van der Waals surface area contributed by atoms with Gasteiger partial charge in [0.05, 0.1) is 0 Å². The zero-order chi connectivity index (χ0) is 16.3. The lowest BCUT2D eigenvalue weighted by Crippen LogP contribution is -2.28. The summed E-state index contributed by atoms with van der Waals surface area (Å²) in [6.45, 7) is 1.93. The fourth-order valence-electron chi connectivity index (χ4n) is 1.76. The molecule has 0 aliphatic carbocycles. The fraction of sp³-hybridized carbons (Fsp3) is 0.200. The number of halogens is 1. The van der Waals surface area contributed by atoms with E-state index in [4.69, 9.17) is 11.6 Å². The molecule has 2 rings (SSSR count). The van der Waals surface area contributed by atoms with Crippen molar-refractivity contribution in [2.75, 3.05) is 24.1 Å². The van der Waals surface area contributed by atoms with E-state index in [2.05, 4.69) is 10.0 Å². The van der Waals surface area contributed by atoms with E-state index in [-0.39, 0.29) is 0 Å². The Kier molecular flexibility index (Phi) is 4.95. The number of nitrogens with one attached hydrogen (secondary N) is 2. The molecule has 0 aliphatic rings. The minimum Gasteiger partial charge on any atom is -0.355 e. The van der Waals surface area contributed by atoms with Crippen molar-refractivity contribution in [1.82, 2.24) is 4.31 Å². The van der Waals surface area contributed by atoms with Crippen LogP contribution in [0.3, 0.4) is 0 Å². The SMILES string of the molecule is Cc1c(Cl)cccc1Nc1ccc(NS(=O)(=O)N(C)C)cc1. The van der Waals surface area contributed by atoms with Crippen molar-refractivity contribution in [3.63, 3.8) is 0 Å². The van der Waals surface area contributed by atoms with Crippen molar-refractivity contribution in [1.29, 1.82) is 0 Å². The predicted octanol–water partition coefficient (Wildman–Crippen LogP) is 3.61. The van der Waals surface area contributed by atoms with Crippen LogP contribution in [-0.2, 0) is 10.2 Å². The molecule has 0 saturated heterocycles. The first-order valence-electron chi connectivity index (χ1n) is 6.62. The Bertz CT molecular complexity index is 759. The molecule has 0 atom stereocenters. The van der Waals surface area contributed by atoms with Gasteiger partial charge in [-0.1, -0.05) is 17.7 Å². The van der Waals surface area contributed by atoms with Gasteiger partial charge in [0.15, 0.2) is 0 Å². The van der Waals surface area contributed by atoms with Gasteiger partial charge in [0.2, 0.25) is 0 Å². The summed E-state index contributed by atoms with van der Waals surface area (Å²) in [5, 5.41) is 3.95. The van der Waals surface area contributed by atoms with Crippen LogP contribution >= 0.6 is 11.6 Å². The number of rotatable bonds is 5. The second-order valence-corrected chi connectivity index (χ2v) is 7.30. The van der Waals surface area contributed by atoms with E-state index in [0.29, 0.717) is 10.7 Å². The highest BCUT2D eigenvalue weighted by Gasteiger charge is 2.12. The first-order valence-corrected chi connectivity index (χ1v) is 8.44. The van der Waals surface area contributed by atoms with Crippen LogP contribution in [0.1, 0.15) is 5.56 Å². The standard InChI is InChI=1S/C15H18ClN3O2S/c1-11-14(16)5-4-6-15(11)17-12-7-9-13(10-8-12)18-22(20,21)19(2)3/h4-10,17-18H,1-3H3. The first-order chi connectivity index (χ1) is 10.3. The van der Waals surface area contributed by atoms with Gasteiger partial charge in [-0.05, 0) is 48.9 Å². The first kappa shape index (κ1) is 16.6. The van der Waals surface area contributed by atoms with E-state index in [1.165, 1.54) is 14.1 Å². The van der Waals surface area contributed by atoms with Crippen LogP contribution in [-0.4, -0.2) is 26.8 Å². The molecular weight excluding hydrogens is 322 g/mol. The Morgan fingerprint density at radius 2 is 1.59 bits per heavy atom. The molecule has 0 bridgehead atoms. The topological polar surface area (TPSA) is 61.4 Å². The van der Waals surface area contributed by atoms with Gasteiger partial charge in [0.25, 0.3) is 0 Å². The summed E-state index contributed by atoms with van der Waals surface area (Å²) in [6, 6.07) is 12.6. The zero-order valence-electron chi connectivity index (χ0n) is 12.6. The lowest BCUT2D eigenvalue weighted by atomic mass is 10.2. The highest BCUT2D eigenvalue weighted by Crippen LogP contribution is 2.26. The van der Waals surface area contributed by atoms with Crippen molar-refractivity contribution in [3.8, 4) is 0 Å². The largest absolute Gasteiger partial charge is 0.355 e. The third-order valence-electron chi connectivity index (χ3n) is 3.16. The summed E-state index contributed by atoms with van der Waals surface area (Å²) in [6.07, 6.45) is 0. The van der Waals surface area contributed by atoms with E-state index in [9.17, 15) is 8.42 Å². The Morgan fingerprint density at radius 1 is 1.00 bits per heavy atom. The summed E-state index contributed by atoms with van der Waals surface area (Å²) in [7, 11) is -0.545. The van der Waals surface area contributed by atoms with Crippen LogP contribution < -0.4 is 10.0 Å². The molecule has 0 spiro atoms. The van der Waals surface area contributed by atoms with E-state index in [1.54, 1.807) is 24.3 Å². The smallest absolute Gasteiger partial charge is 0.301 e. The van der Waals surface area contributed by atoms with Gasteiger partial charge in [0.1, 0.15) is 0 Å². The van der Waals surface area contributed by atoms with Gasteiger partial charge < -0.3 is 5.32 Å². The summed E-state index contributed by atoms with van der Waals surface area (Å²) in [4.78, 5) is 0.